The second-order valence-corrected chi connectivity index (χ2v) is 14.7. The molecule has 61 heavy (non-hydrogen) atoms. The highest BCUT2D eigenvalue weighted by atomic mass is 16.2. The zero-order valence-corrected chi connectivity index (χ0v) is 33.9. The van der Waals surface area contributed by atoms with E-state index in [0.29, 0.717) is 11.1 Å². The number of aromatic nitrogens is 1. The van der Waals surface area contributed by atoms with Crippen molar-refractivity contribution in [1.29, 1.82) is 0 Å². The van der Waals surface area contributed by atoms with Gasteiger partial charge in [-0.15, -0.1) is 0 Å². The SMILES string of the molecule is NC(=O)CN1CCNC(=O)CCC(=O)N(Cc2ccccc2)CC(=O)N(Cc2ccccc2)CC(=O)N[C@@H](CCCN=C(N)N)C(=O)N[C@@H](Cc2c[nH]c3ccccc23)C1=O. The summed E-state index contributed by atoms with van der Waals surface area (Å²) in [6.07, 6.45) is 1.50. The third-order valence-electron chi connectivity index (χ3n) is 10.0. The molecule has 1 saturated heterocycles. The van der Waals surface area contributed by atoms with Crippen molar-refractivity contribution >= 4 is 58.2 Å². The number of rotatable bonds is 12. The van der Waals surface area contributed by atoms with Crippen LogP contribution in [0, 0.1) is 0 Å². The highest BCUT2D eigenvalue weighted by molar-refractivity contribution is 5.95. The van der Waals surface area contributed by atoms with Crippen molar-refractivity contribution in [3.8, 4) is 0 Å². The number of aliphatic imine (C=N–C) groups is 1. The van der Waals surface area contributed by atoms with Crippen LogP contribution in [0.2, 0.25) is 0 Å². The van der Waals surface area contributed by atoms with Gasteiger partial charge in [0.1, 0.15) is 18.6 Å². The van der Waals surface area contributed by atoms with E-state index < -0.39 is 73.1 Å². The number of amides is 7. The molecule has 18 nitrogen and oxygen atoms in total. The molecule has 0 unspecified atom stereocenters. The Bertz CT molecular complexity index is 2190. The average molecular weight is 836 g/mol. The van der Waals surface area contributed by atoms with Crippen molar-refractivity contribution in [3.63, 3.8) is 0 Å². The molecule has 4 aromatic rings. The summed E-state index contributed by atoms with van der Waals surface area (Å²) in [5.41, 5.74) is 19.6. The average Bonchev–Trinajstić information content (AvgIpc) is 3.65. The maximum atomic E-state index is 14.4. The number of nitrogens with zero attached hydrogens (tertiary/aromatic N) is 4. The van der Waals surface area contributed by atoms with Gasteiger partial charge in [0.15, 0.2) is 5.96 Å². The van der Waals surface area contributed by atoms with E-state index in [1.54, 1.807) is 54.7 Å². The first-order valence-electron chi connectivity index (χ1n) is 20.0. The Hall–Kier alpha value is -7.24. The number of carbonyl (C=O) groups is 7. The molecule has 0 radical (unpaired) electrons. The van der Waals surface area contributed by atoms with Crippen molar-refractivity contribution in [3.05, 3.63) is 108 Å². The van der Waals surface area contributed by atoms with E-state index >= 15 is 0 Å². The van der Waals surface area contributed by atoms with Gasteiger partial charge in [0.05, 0.1) is 13.1 Å². The van der Waals surface area contributed by atoms with Crippen LogP contribution in [0.1, 0.15) is 42.4 Å². The third kappa shape index (κ3) is 13.9. The molecular weight excluding hydrogens is 783 g/mol. The van der Waals surface area contributed by atoms with Crippen molar-refractivity contribution in [2.75, 3.05) is 39.3 Å². The van der Waals surface area contributed by atoms with Crippen LogP contribution >= 0.6 is 0 Å². The number of fused-ring (bicyclic) bond motifs is 1. The minimum absolute atomic E-state index is 0.00111. The van der Waals surface area contributed by atoms with E-state index in [0.717, 1.165) is 21.4 Å². The Morgan fingerprint density at radius 1 is 0.705 bits per heavy atom. The van der Waals surface area contributed by atoms with Crippen LogP contribution in [0.25, 0.3) is 10.9 Å². The van der Waals surface area contributed by atoms with Gasteiger partial charge in [0.2, 0.25) is 41.4 Å². The van der Waals surface area contributed by atoms with Gasteiger partial charge in [0, 0.05) is 69.1 Å². The lowest BCUT2D eigenvalue weighted by Gasteiger charge is -2.30. The smallest absolute Gasteiger partial charge is 0.246 e. The number of carbonyl (C=O) groups excluding carboxylic acids is 7. The van der Waals surface area contributed by atoms with E-state index in [-0.39, 0.29) is 70.8 Å². The molecule has 0 saturated carbocycles. The highest BCUT2D eigenvalue weighted by Crippen LogP contribution is 2.20. The first kappa shape index (κ1) is 44.9. The molecule has 0 bridgehead atoms. The number of hydrogen-bond acceptors (Lipinski definition) is 8. The number of nitrogens with two attached hydrogens (primary N) is 3. The third-order valence-corrected chi connectivity index (χ3v) is 10.0. The van der Waals surface area contributed by atoms with Gasteiger partial charge in [0.25, 0.3) is 0 Å². The summed E-state index contributed by atoms with van der Waals surface area (Å²) in [6.45, 7) is -1.51. The van der Waals surface area contributed by atoms with E-state index in [4.69, 9.17) is 17.2 Å². The number of hydrogen-bond donors (Lipinski definition) is 7. The summed E-state index contributed by atoms with van der Waals surface area (Å²) in [5.74, 6) is -4.59. The van der Waals surface area contributed by atoms with Crippen LogP contribution in [0.4, 0.5) is 0 Å². The lowest BCUT2D eigenvalue weighted by atomic mass is 10.0. The molecule has 3 aromatic carbocycles. The molecule has 1 aliphatic heterocycles. The molecule has 1 fully saturated rings. The molecule has 0 spiro atoms. The number of primary amides is 1. The molecule has 1 aromatic heterocycles. The minimum Gasteiger partial charge on any atom is -0.370 e. The summed E-state index contributed by atoms with van der Waals surface area (Å²) in [5, 5.41) is 9.06. The fourth-order valence-corrected chi connectivity index (χ4v) is 6.99. The van der Waals surface area contributed by atoms with Gasteiger partial charge >= 0.3 is 0 Å². The fraction of sp³-hybridized carbons (Fsp3) is 0.349. The second kappa shape index (κ2) is 22.2. The van der Waals surface area contributed by atoms with E-state index in [9.17, 15) is 33.6 Å². The van der Waals surface area contributed by atoms with Crippen molar-refractivity contribution in [2.24, 2.45) is 22.2 Å². The van der Waals surface area contributed by atoms with Crippen molar-refractivity contribution < 1.29 is 33.6 Å². The fourth-order valence-electron chi connectivity index (χ4n) is 6.99. The van der Waals surface area contributed by atoms with E-state index in [1.165, 1.54) is 9.80 Å². The van der Waals surface area contributed by atoms with Crippen LogP contribution in [0.3, 0.4) is 0 Å². The van der Waals surface area contributed by atoms with Crippen LogP contribution in [0.15, 0.2) is 96.1 Å². The Balaban J connectivity index is 1.50. The molecule has 0 aliphatic carbocycles. The predicted octanol–water partition coefficient (Wildman–Crippen LogP) is 0.0151. The van der Waals surface area contributed by atoms with E-state index in [2.05, 4.69) is 25.9 Å². The largest absolute Gasteiger partial charge is 0.370 e. The monoisotopic (exact) mass is 835 g/mol. The van der Waals surface area contributed by atoms with Crippen LogP contribution in [0.5, 0.6) is 0 Å². The maximum absolute atomic E-state index is 14.4. The number of para-hydroxylation sites is 1. The van der Waals surface area contributed by atoms with E-state index in [1.807, 2.05) is 36.4 Å². The number of aromatic amines is 1. The standard InChI is InChI=1S/C43H53N11O7/c44-36(55)26-52-21-20-47-37(56)17-18-39(58)54(25-30-12-5-2-6-13-30)28-40(59)53(24-29-10-3-1-4-11-29)27-38(57)50-34(16-9-19-48-43(45)46)41(60)51-35(42(52)61)22-31-23-49-33-15-8-7-14-32(31)33/h1-8,10-15,23,34-35,49H,9,16-22,24-28H2,(H2,44,55)(H,47,56)(H,50,57)(H,51,60)(H4,45,46,48)/t34-,35-/m0/s1. The number of benzene rings is 3. The molecule has 7 amide bonds. The number of H-pyrrole nitrogens is 1. The van der Waals surface area contributed by atoms with Gasteiger partial charge in [-0.2, -0.15) is 0 Å². The summed E-state index contributed by atoms with van der Waals surface area (Å²) < 4.78 is 0. The molecule has 5 rings (SSSR count). The Morgan fingerprint density at radius 2 is 1.34 bits per heavy atom. The van der Waals surface area contributed by atoms with Gasteiger partial charge in [-0.1, -0.05) is 78.9 Å². The van der Waals surface area contributed by atoms with Gasteiger partial charge in [-0.05, 0) is 35.6 Å². The quantitative estimate of drug-likeness (QED) is 0.0575. The summed E-state index contributed by atoms with van der Waals surface area (Å²) in [4.78, 5) is 107. The lowest BCUT2D eigenvalue weighted by Crippen LogP contribution is -2.57. The highest BCUT2D eigenvalue weighted by Gasteiger charge is 2.32. The molecule has 10 N–H and O–H groups in total. The van der Waals surface area contributed by atoms with Gasteiger partial charge in [-0.25, -0.2) is 0 Å². The molecule has 18 heteroatoms. The summed E-state index contributed by atoms with van der Waals surface area (Å²) in [6, 6.07) is 22.9. The van der Waals surface area contributed by atoms with Crippen LogP contribution in [-0.4, -0.2) is 118 Å². The molecule has 1 aliphatic rings. The summed E-state index contributed by atoms with van der Waals surface area (Å²) >= 11 is 0. The minimum atomic E-state index is -1.27. The number of guanidine groups is 1. The first-order valence-corrected chi connectivity index (χ1v) is 20.0. The zero-order chi connectivity index (χ0) is 43.7. The second-order valence-electron chi connectivity index (χ2n) is 14.7. The van der Waals surface area contributed by atoms with Gasteiger partial charge in [-0.3, -0.25) is 38.6 Å². The first-order chi connectivity index (χ1) is 29.4. The molecule has 322 valence electrons. The lowest BCUT2D eigenvalue weighted by molar-refractivity contribution is -0.144. The Labute approximate surface area is 353 Å². The summed E-state index contributed by atoms with van der Waals surface area (Å²) in [7, 11) is 0. The predicted molar refractivity (Wildman–Crippen MR) is 228 cm³/mol. The maximum Gasteiger partial charge on any atom is 0.246 e. The topological polar surface area (TPSA) is 272 Å². The van der Waals surface area contributed by atoms with Gasteiger partial charge < -0.3 is 52.8 Å². The van der Waals surface area contributed by atoms with Crippen LogP contribution < -0.4 is 33.2 Å². The molecular formula is C43H53N11O7. The van der Waals surface area contributed by atoms with Crippen molar-refractivity contribution in [1.82, 2.24) is 35.6 Å². The molecule has 2 atom stereocenters. The zero-order valence-electron chi connectivity index (χ0n) is 33.9. The molecule has 2 heterocycles. The van der Waals surface area contributed by atoms with Crippen LogP contribution in [-0.2, 0) is 53.1 Å². The Kier molecular flexibility index (Phi) is 16.3. The Morgan fingerprint density at radius 3 is 2.00 bits per heavy atom. The van der Waals surface area contributed by atoms with Crippen molar-refractivity contribution in [2.45, 2.75) is 57.3 Å². The normalized spacial score (nSPS) is 18.0. The number of nitrogens with one attached hydrogen (secondary N) is 4.